The van der Waals surface area contributed by atoms with Crippen molar-refractivity contribution in [3.05, 3.63) is 71.0 Å². The zero-order valence-electron chi connectivity index (χ0n) is 18.2. The Balaban J connectivity index is 1.76. The van der Waals surface area contributed by atoms with Crippen LogP contribution in [0, 0.1) is 11.3 Å². The van der Waals surface area contributed by atoms with Crippen molar-refractivity contribution in [1.29, 1.82) is 5.26 Å². The third-order valence-electron chi connectivity index (χ3n) is 5.49. The minimum atomic E-state index is -0.701. The molecule has 3 rings (SSSR count). The molecule has 0 saturated carbocycles. The van der Waals surface area contributed by atoms with Gasteiger partial charge >= 0.3 is 13.2 Å². The molecule has 1 aliphatic heterocycles. The average Bonchev–Trinajstić information content (AvgIpc) is 2.97. The number of ether oxygens (including phenoxy) is 1. The number of rotatable bonds is 6. The van der Waals surface area contributed by atoms with Crippen molar-refractivity contribution >= 4 is 19.3 Å². The molecule has 8 heteroatoms. The molecule has 7 nitrogen and oxygen atoms in total. The van der Waals surface area contributed by atoms with Gasteiger partial charge in [0.2, 0.25) is 0 Å². The number of aromatic nitrogens is 1. The Kier molecular flexibility index (Phi) is 6.79. The minimum Gasteiger partial charge on any atom is -0.445 e. The van der Waals surface area contributed by atoms with Crippen LogP contribution in [0.3, 0.4) is 0 Å². The molecule has 0 spiro atoms. The molecule has 1 aromatic carbocycles. The second kappa shape index (κ2) is 9.33. The highest BCUT2D eigenvalue weighted by Crippen LogP contribution is 2.38. The highest BCUT2D eigenvalue weighted by atomic mass is 16.7. The van der Waals surface area contributed by atoms with Crippen molar-refractivity contribution in [3.8, 4) is 6.07 Å². The molecule has 1 fully saturated rings. The van der Waals surface area contributed by atoms with Gasteiger partial charge in [0.25, 0.3) is 0 Å². The standard InChI is InChI=1S/C23H26BN3O4/c1-22(2)23(3,4)31-24(30-22)19(13-20-18(14-25)11-8-12-26-20)15-27-21(28)29-16-17-9-6-5-7-10-17/h5-13H,15-16H2,1-4H3,(H,27,28). The predicted molar refractivity (Wildman–Crippen MR) is 118 cm³/mol. The molecule has 1 aliphatic rings. The number of nitrogens with zero attached hydrogens (tertiary/aromatic N) is 2. The lowest BCUT2D eigenvalue weighted by Gasteiger charge is -2.32. The van der Waals surface area contributed by atoms with Crippen LogP contribution in [0.1, 0.15) is 44.5 Å². The first-order chi connectivity index (χ1) is 14.7. The molecule has 2 aromatic rings. The second-order valence-corrected chi connectivity index (χ2v) is 8.27. The zero-order chi connectivity index (χ0) is 22.5. The molecular weight excluding hydrogens is 393 g/mol. The molecule has 1 saturated heterocycles. The van der Waals surface area contributed by atoms with Gasteiger partial charge in [0.05, 0.1) is 22.5 Å². The molecule has 1 N–H and O–H groups in total. The Morgan fingerprint density at radius 2 is 1.84 bits per heavy atom. The number of carbonyl (C=O) groups excluding carboxylic acids is 1. The lowest BCUT2D eigenvalue weighted by Crippen LogP contribution is -2.41. The fourth-order valence-electron chi connectivity index (χ4n) is 2.95. The summed E-state index contributed by atoms with van der Waals surface area (Å²) in [6.45, 7) is 8.09. The summed E-state index contributed by atoms with van der Waals surface area (Å²) < 4.78 is 17.6. The van der Waals surface area contributed by atoms with Crippen LogP contribution < -0.4 is 5.32 Å². The maximum Gasteiger partial charge on any atom is 0.492 e. The van der Waals surface area contributed by atoms with E-state index in [1.165, 1.54) is 0 Å². The van der Waals surface area contributed by atoms with E-state index >= 15 is 0 Å². The molecule has 0 unspecified atom stereocenters. The van der Waals surface area contributed by atoms with E-state index in [2.05, 4.69) is 16.4 Å². The summed E-state index contributed by atoms with van der Waals surface area (Å²) in [6.07, 6.45) is 2.77. The predicted octanol–water partition coefficient (Wildman–Crippen LogP) is 3.89. The van der Waals surface area contributed by atoms with E-state index in [0.717, 1.165) is 5.56 Å². The van der Waals surface area contributed by atoms with E-state index in [-0.39, 0.29) is 13.2 Å². The van der Waals surface area contributed by atoms with E-state index in [0.29, 0.717) is 16.7 Å². The lowest BCUT2D eigenvalue weighted by molar-refractivity contribution is 0.00578. The summed E-state index contributed by atoms with van der Waals surface area (Å²) in [5.41, 5.74) is 1.33. The zero-order valence-corrected chi connectivity index (χ0v) is 18.2. The van der Waals surface area contributed by atoms with Gasteiger partial charge in [0.1, 0.15) is 12.7 Å². The van der Waals surface area contributed by atoms with Crippen molar-refractivity contribution in [2.45, 2.75) is 45.5 Å². The van der Waals surface area contributed by atoms with E-state index in [9.17, 15) is 10.1 Å². The highest BCUT2D eigenvalue weighted by molar-refractivity contribution is 6.56. The molecule has 0 atom stereocenters. The summed E-state index contributed by atoms with van der Waals surface area (Å²) in [5, 5.41) is 12.1. The number of carbonyl (C=O) groups is 1. The van der Waals surface area contributed by atoms with Gasteiger partial charge in [-0.15, -0.1) is 0 Å². The molecule has 2 heterocycles. The van der Waals surface area contributed by atoms with Gasteiger partial charge in [-0.25, -0.2) is 4.79 Å². The fraction of sp³-hybridized carbons (Fsp3) is 0.348. The Hall–Kier alpha value is -3.15. The Bertz CT molecular complexity index is 983. The molecule has 160 valence electrons. The maximum absolute atomic E-state index is 12.3. The summed E-state index contributed by atoms with van der Waals surface area (Å²) in [6, 6.07) is 14.9. The molecular formula is C23H26BN3O4. The van der Waals surface area contributed by atoms with Crippen LogP contribution in [0.5, 0.6) is 0 Å². The summed E-state index contributed by atoms with van der Waals surface area (Å²) in [5.74, 6) is 0. The van der Waals surface area contributed by atoms with Crippen LogP contribution in [0.15, 0.2) is 54.1 Å². The van der Waals surface area contributed by atoms with Crippen molar-refractivity contribution in [2.75, 3.05) is 6.54 Å². The number of benzene rings is 1. The van der Waals surface area contributed by atoms with E-state index in [1.54, 1.807) is 24.4 Å². The molecule has 0 radical (unpaired) electrons. The van der Waals surface area contributed by atoms with Gasteiger partial charge in [0, 0.05) is 12.7 Å². The van der Waals surface area contributed by atoms with Crippen LogP contribution in [-0.4, -0.2) is 35.9 Å². The monoisotopic (exact) mass is 419 g/mol. The van der Waals surface area contributed by atoms with Crippen LogP contribution in [0.4, 0.5) is 4.79 Å². The number of hydrogen-bond donors (Lipinski definition) is 1. The first-order valence-electron chi connectivity index (χ1n) is 10.1. The van der Waals surface area contributed by atoms with Crippen LogP contribution in [0.2, 0.25) is 0 Å². The average molecular weight is 419 g/mol. The molecule has 1 aromatic heterocycles. The first kappa shape index (κ1) is 22.5. The van der Waals surface area contributed by atoms with Gasteiger partial charge in [-0.05, 0) is 56.9 Å². The Labute approximate surface area is 183 Å². The van der Waals surface area contributed by atoms with Crippen molar-refractivity contribution in [1.82, 2.24) is 10.3 Å². The molecule has 1 amide bonds. The molecule has 31 heavy (non-hydrogen) atoms. The van der Waals surface area contributed by atoms with Crippen molar-refractivity contribution in [3.63, 3.8) is 0 Å². The van der Waals surface area contributed by atoms with Crippen LogP contribution in [0.25, 0.3) is 6.08 Å². The number of hydrogen-bond acceptors (Lipinski definition) is 6. The number of nitrogens with one attached hydrogen (secondary N) is 1. The molecule has 0 bridgehead atoms. The maximum atomic E-state index is 12.3. The Morgan fingerprint density at radius 1 is 1.16 bits per heavy atom. The summed E-state index contributed by atoms with van der Waals surface area (Å²) >= 11 is 0. The van der Waals surface area contributed by atoms with Crippen LogP contribution in [-0.2, 0) is 20.7 Å². The van der Waals surface area contributed by atoms with Gasteiger partial charge in [-0.1, -0.05) is 30.3 Å². The third-order valence-corrected chi connectivity index (χ3v) is 5.49. The fourth-order valence-corrected chi connectivity index (χ4v) is 2.95. The Morgan fingerprint density at radius 3 is 2.48 bits per heavy atom. The lowest BCUT2D eigenvalue weighted by atomic mass is 9.77. The smallest absolute Gasteiger partial charge is 0.445 e. The topological polar surface area (TPSA) is 93.5 Å². The normalized spacial score (nSPS) is 17.1. The van der Waals surface area contributed by atoms with Gasteiger partial charge in [-0.3, -0.25) is 4.98 Å². The van der Waals surface area contributed by atoms with Crippen molar-refractivity contribution in [2.24, 2.45) is 0 Å². The van der Waals surface area contributed by atoms with Crippen molar-refractivity contribution < 1.29 is 18.8 Å². The summed E-state index contributed by atoms with van der Waals surface area (Å²) in [7, 11) is -0.701. The van der Waals surface area contributed by atoms with Gasteiger partial charge in [-0.2, -0.15) is 5.26 Å². The van der Waals surface area contributed by atoms with E-state index in [4.69, 9.17) is 14.0 Å². The molecule has 0 aliphatic carbocycles. The number of pyridine rings is 1. The highest BCUT2D eigenvalue weighted by Gasteiger charge is 2.52. The van der Waals surface area contributed by atoms with E-state index in [1.807, 2.05) is 58.0 Å². The number of nitriles is 1. The summed E-state index contributed by atoms with van der Waals surface area (Å²) in [4.78, 5) is 16.5. The number of amides is 1. The number of alkyl carbamates (subject to hydrolysis) is 1. The SMILES string of the molecule is CC1(C)OB(C(=Cc2ncccc2C#N)CNC(=O)OCc2ccccc2)OC1(C)C. The largest absolute Gasteiger partial charge is 0.492 e. The quantitative estimate of drug-likeness (QED) is 0.714. The van der Waals surface area contributed by atoms with Gasteiger partial charge in [0.15, 0.2) is 0 Å². The minimum absolute atomic E-state index is 0.117. The van der Waals surface area contributed by atoms with Gasteiger partial charge < -0.3 is 19.4 Å². The van der Waals surface area contributed by atoms with Crippen LogP contribution >= 0.6 is 0 Å². The van der Waals surface area contributed by atoms with E-state index < -0.39 is 24.4 Å². The third kappa shape index (κ3) is 5.51. The first-order valence-corrected chi connectivity index (χ1v) is 10.1. The second-order valence-electron chi connectivity index (χ2n) is 8.27.